The molecule has 0 aromatic heterocycles. The maximum absolute atomic E-state index is 10.6. The highest BCUT2D eigenvalue weighted by atomic mass is 32.2. The molecule has 0 spiro atoms. The first-order chi connectivity index (χ1) is 8.72. The summed E-state index contributed by atoms with van der Waals surface area (Å²) < 4.78 is 23.9. The van der Waals surface area contributed by atoms with E-state index in [1.807, 2.05) is 0 Å². The Morgan fingerprint density at radius 2 is 2.00 bits per heavy atom. The molecule has 106 valence electrons. The minimum Gasteiger partial charge on any atom is -0.480 e. The van der Waals surface area contributed by atoms with Crippen LogP contribution in [0, 0.1) is 0 Å². The third-order valence-electron chi connectivity index (χ3n) is 2.54. The number of benzene rings is 1. The normalized spacial score (nSPS) is 17.5. The van der Waals surface area contributed by atoms with Crippen LogP contribution in [0.3, 0.4) is 0 Å². The average Bonchev–Trinajstić information content (AvgIpc) is 2.27. The fraction of sp³-hybridized carbons (Fsp3) is 0.364. The molecule has 0 aliphatic rings. The molecule has 1 aromatic carbocycles. The smallest absolute Gasteiger partial charge is 0.320 e. The van der Waals surface area contributed by atoms with Gasteiger partial charge in [-0.15, -0.1) is 0 Å². The molecule has 0 amide bonds. The Labute approximate surface area is 113 Å². The summed E-state index contributed by atoms with van der Waals surface area (Å²) in [6, 6.07) is 5.50. The standard InChI is InChI=1S/C11H16N2O5S/c1-11(13,18-19(16)17)8-4-2-7(3-5-8)6-9(12)10(14)15/h2-5,9H,6,12-13H2,1H3,(H,14,15)(H,16,17)/t9-,11?/m0/s1. The summed E-state index contributed by atoms with van der Waals surface area (Å²) in [5.41, 5.74) is 11.0. The summed E-state index contributed by atoms with van der Waals surface area (Å²) in [4.78, 5) is 10.6. The van der Waals surface area contributed by atoms with Gasteiger partial charge in [0.2, 0.25) is 0 Å². The van der Waals surface area contributed by atoms with E-state index in [4.69, 9.17) is 21.1 Å². The molecule has 0 radical (unpaired) electrons. The van der Waals surface area contributed by atoms with E-state index in [0.29, 0.717) is 5.56 Å². The van der Waals surface area contributed by atoms with Gasteiger partial charge in [-0.25, -0.2) is 4.18 Å². The van der Waals surface area contributed by atoms with Gasteiger partial charge >= 0.3 is 17.3 Å². The third-order valence-corrected chi connectivity index (χ3v) is 3.03. The topological polar surface area (TPSA) is 136 Å². The lowest BCUT2D eigenvalue weighted by Gasteiger charge is -2.22. The lowest BCUT2D eigenvalue weighted by molar-refractivity contribution is -0.138. The van der Waals surface area contributed by atoms with Gasteiger partial charge in [0, 0.05) is 0 Å². The molecular formula is C11H16N2O5S. The van der Waals surface area contributed by atoms with Crippen molar-refractivity contribution in [2.24, 2.45) is 11.5 Å². The largest absolute Gasteiger partial charge is 0.480 e. The number of nitrogens with two attached hydrogens (primary N) is 2. The van der Waals surface area contributed by atoms with Crippen molar-refractivity contribution in [3.05, 3.63) is 35.4 Å². The summed E-state index contributed by atoms with van der Waals surface area (Å²) in [6.07, 6.45) is 0.184. The fourth-order valence-electron chi connectivity index (χ4n) is 1.51. The molecular weight excluding hydrogens is 272 g/mol. The quantitative estimate of drug-likeness (QED) is 0.424. The van der Waals surface area contributed by atoms with Crippen molar-refractivity contribution in [1.82, 2.24) is 0 Å². The van der Waals surface area contributed by atoms with Crippen molar-refractivity contribution < 1.29 is 22.8 Å². The average molecular weight is 288 g/mol. The molecule has 1 rings (SSSR count). The number of hydrogen-bond donors (Lipinski definition) is 4. The highest BCUT2D eigenvalue weighted by Gasteiger charge is 2.25. The number of carboxylic acids is 1. The minimum absolute atomic E-state index is 0.184. The Hall–Kier alpha value is -1.32. The first-order valence-corrected chi connectivity index (χ1v) is 6.42. The van der Waals surface area contributed by atoms with E-state index in [1.54, 1.807) is 24.3 Å². The van der Waals surface area contributed by atoms with Crippen LogP contribution in [0.15, 0.2) is 24.3 Å². The lowest BCUT2D eigenvalue weighted by atomic mass is 10.0. The molecule has 6 N–H and O–H groups in total. The van der Waals surface area contributed by atoms with Gasteiger partial charge in [-0.2, -0.15) is 4.21 Å². The van der Waals surface area contributed by atoms with Gasteiger partial charge in [0.15, 0.2) is 5.72 Å². The van der Waals surface area contributed by atoms with Crippen molar-refractivity contribution in [3.8, 4) is 0 Å². The van der Waals surface area contributed by atoms with E-state index in [0.717, 1.165) is 5.56 Å². The number of hydrogen-bond acceptors (Lipinski definition) is 5. The van der Waals surface area contributed by atoms with E-state index >= 15 is 0 Å². The van der Waals surface area contributed by atoms with Gasteiger partial charge < -0.3 is 10.8 Å². The highest BCUT2D eigenvalue weighted by Crippen LogP contribution is 2.20. The number of rotatable bonds is 6. The maximum Gasteiger partial charge on any atom is 0.320 e. The van der Waals surface area contributed by atoms with E-state index in [2.05, 4.69) is 4.18 Å². The molecule has 19 heavy (non-hydrogen) atoms. The highest BCUT2D eigenvalue weighted by molar-refractivity contribution is 7.74. The van der Waals surface area contributed by atoms with E-state index in [1.165, 1.54) is 6.92 Å². The van der Waals surface area contributed by atoms with E-state index < -0.39 is 29.1 Å². The minimum atomic E-state index is -2.48. The van der Waals surface area contributed by atoms with Gasteiger partial charge in [0.1, 0.15) is 6.04 Å². The molecule has 0 fully saturated rings. The monoisotopic (exact) mass is 288 g/mol. The Bertz CT molecular complexity index is 474. The van der Waals surface area contributed by atoms with Gasteiger partial charge in [0.25, 0.3) is 0 Å². The number of aliphatic carboxylic acids is 1. The molecule has 7 nitrogen and oxygen atoms in total. The van der Waals surface area contributed by atoms with Crippen LogP contribution in [-0.2, 0) is 32.5 Å². The molecule has 0 heterocycles. The Balaban J connectivity index is 2.81. The predicted molar refractivity (Wildman–Crippen MR) is 69.2 cm³/mol. The Morgan fingerprint density at radius 3 is 2.42 bits per heavy atom. The predicted octanol–water partition coefficient (Wildman–Crippen LogP) is -0.0743. The Morgan fingerprint density at radius 1 is 1.47 bits per heavy atom. The summed E-state index contributed by atoms with van der Waals surface area (Å²) in [5, 5.41) is 8.70. The van der Waals surface area contributed by atoms with Crippen LogP contribution in [0.1, 0.15) is 18.1 Å². The van der Waals surface area contributed by atoms with Gasteiger partial charge in [-0.05, 0) is 24.5 Å². The van der Waals surface area contributed by atoms with Crippen molar-refractivity contribution in [3.63, 3.8) is 0 Å². The van der Waals surface area contributed by atoms with Crippen LogP contribution in [-0.4, -0.2) is 25.9 Å². The molecule has 8 heteroatoms. The number of carboxylic acid groups (broad SMARTS) is 1. The van der Waals surface area contributed by atoms with Crippen LogP contribution >= 0.6 is 0 Å². The molecule has 3 atom stereocenters. The van der Waals surface area contributed by atoms with Gasteiger partial charge in [0.05, 0.1) is 0 Å². The van der Waals surface area contributed by atoms with Crippen LogP contribution in [0.4, 0.5) is 0 Å². The molecule has 1 aromatic rings. The maximum atomic E-state index is 10.6. The van der Waals surface area contributed by atoms with Crippen molar-refractivity contribution >= 4 is 17.3 Å². The zero-order valence-electron chi connectivity index (χ0n) is 10.3. The molecule has 2 unspecified atom stereocenters. The summed E-state index contributed by atoms with van der Waals surface area (Å²) in [6.45, 7) is 1.44. The molecule has 0 aliphatic carbocycles. The van der Waals surface area contributed by atoms with Crippen LogP contribution in [0.5, 0.6) is 0 Å². The van der Waals surface area contributed by atoms with E-state index in [9.17, 15) is 9.00 Å². The van der Waals surface area contributed by atoms with Crippen molar-refractivity contribution in [2.45, 2.75) is 25.1 Å². The summed E-state index contributed by atoms with van der Waals surface area (Å²) in [5.74, 6) is -1.08. The zero-order valence-corrected chi connectivity index (χ0v) is 11.1. The fourth-order valence-corrected chi connectivity index (χ4v) is 1.90. The van der Waals surface area contributed by atoms with Crippen molar-refractivity contribution in [2.75, 3.05) is 0 Å². The second kappa shape index (κ2) is 6.22. The van der Waals surface area contributed by atoms with Gasteiger partial charge in [-0.3, -0.25) is 15.1 Å². The second-order valence-electron chi connectivity index (χ2n) is 4.25. The van der Waals surface area contributed by atoms with Crippen LogP contribution < -0.4 is 11.5 Å². The third kappa shape index (κ3) is 4.69. The van der Waals surface area contributed by atoms with Crippen LogP contribution in [0.2, 0.25) is 0 Å². The SMILES string of the molecule is CC(N)(OS(=O)O)c1ccc(C[C@H](N)C(=O)O)cc1. The number of carbonyl (C=O) groups is 1. The molecule has 0 aliphatic heterocycles. The molecule has 0 saturated carbocycles. The molecule has 0 bridgehead atoms. The lowest BCUT2D eigenvalue weighted by Crippen LogP contribution is -2.36. The molecule has 0 saturated heterocycles. The first kappa shape index (κ1) is 15.7. The van der Waals surface area contributed by atoms with Crippen LogP contribution in [0.25, 0.3) is 0 Å². The van der Waals surface area contributed by atoms with Crippen molar-refractivity contribution in [1.29, 1.82) is 0 Å². The zero-order chi connectivity index (χ0) is 14.6. The summed E-state index contributed by atoms with van der Waals surface area (Å²) >= 11 is -2.48. The Kier molecular flexibility index (Phi) is 5.15. The van der Waals surface area contributed by atoms with Gasteiger partial charge in [-0.1, -0.05) is 24.3 Å². The second-order valence-corrected chi connectivity index (χ2v) is 4.85. The first-order valence-electron chi connectivity index (χ1n) is 5.39. The van der Waals surface area contributed by atoms with E-state index in [-0.39, 0.29) is 6.42 Å². The summed E-state index contributed by atoms with van der Waals surface area (Å²) in [7, 11) is 0.